The maximum Gasteiger partial charge on any atom is 0.245 e. The summed E-state index contributed by atoms with van der Waals surface area (Å²) in [6, 6.07) is 14.2. The van der Waals surface area contributed by atoms with E-state index in [1.54, 1.807) is 10.8 Å². The minimum absolute atomic E-state index is 0.0371. The van der Waals surface area contributed by atoms with Gasteiger partial charge in [0.2, 0.25) is 5.91 Å². The lowest BCUT2D eigenvalue weighted by atomic mass is 10.0. The van der Waals surface area contributed by atoms with Gasteiger partial charge in [-0.1, -0.05) is 55.5 Å². The fourth-order valence-corrected chi connectivity index (χ4v) is 2.91. The maximum atomic E-state index is 12.3. The summed E-state index contributed by atoms with van der Waals surface area (Å²) in [7, 11) is 0. The van der Waals surface area contributed by atoms with Gasteiger partial charge in [-0.15, -0.1) is 6.58 Å². The van der Waals surface area contributed by atoms with Gasteiger partial charge in [-0.2, -0.15) is 5.10 Å². The SMILES string of the molecule is C=CCNC(=O)C(CC)n1cc(-c2cccc3ccccc23)cn1. The lowest BCUT2D eigenvalue weighted by molar-refractivity contribution is -0.124. The van der Waals surface area contributed by atoms with Crippen molar-refractivity contribution in [3.8, 4) is 11.1 Å². The van der Waals surface area contributed by atoms with Crippen molar-refractivity contribution in [2.45, 2.75) is 19.4 Å². The summed E-state index contributed by atoms with van der Waals surface area (Å²) >= 11 is 0. The fraction of sp³-hybridized carbons (Fsp3) is 0.200. The molecule has 1 atom stereocenters. The molecule has 0 aliphatic heterocycles. The molecule has 3 aromatic rings. The van der Waals surface area contributed by atoms with E-state index in [0.29, 0.717) is 13.0 Å². The van der Waals surface area contributed by atoms with Crippen molar-refractivity contribution in [1.29, 1.82) is 0 Å². The molecule has 0 radical (unpaired) electrons. The third-order valence-corrected chi connectivity index (χ3v) is 4.13. The minimum atomic E-state index is -0.311. The largest absolute Gasteiger partial charge is 0.351 e. The normalized spacial score (nSPS) is 12.0. The van der Waals surface area contributed by atoms with Crippen LogP contribution in [0.1, 0.15) is 19.4 Å². The number of carbonyl (C=O) groups excluding carboxylic acids is 1. The monoisotopic (exact) mass is 319 g/mol. The number of benzene rings is 2. The molecule has 4 nitrogen and oxygen atoms in total. The van der Waals surface area contributed by atoms with Crippen LogP contribution in [-0.4, -0.2) is 22.2 Å². The Kier molecular flexibility index (Phi) is 4.75. The summed E-state index contributed by atoms with van der Waals surface area (Å²) < 4.78 is 1.75. The molecule has 1 unspecified atom stereocenters. The van der Waals surface area contributed by atoms with Crippen molar-refractivity contribution in [3.05, 3.63) is 67.5 Å². The third-order valence-electron chi connectivity index (χ3n) is 4.13. The van der Waals surface area contributed by atoms with Gasteiger partial charge in [0.25, 0.3) is 0 Å². The van der Waals surface area contributed by atoms with Crippen LogP contribution >= 0.6 is 0 Å². The molecule has 122 valence electrons. The highest BCUT2D eigenvalue weighted by Gasteiger charge is 2.19. The molecule has 1 N–H and O–H groups in total. The summed E-state index contributed by atoms with van der Waals surface area (Å²) in [5.41, 5.74) is 2.14. The molecule has 1 aromatic heterocycles. The van der Waals surface area contributed by atoms with Crippen molar-refractivity contribution in [2.24, 2.45) is 0 Å². The van der Waals surface area contributed by atoms with Crippen LogP contribution < -0.4 is 5.32 Å². The van der Waals surface area contributed by atoms with E-state index in [1.807, 2.05) is 37.5 Å². The van der Waals surface area contributed by atoms with E-state index < -0.39 is 0 Å². The second-order valence-corrected chi connectivity index (χ2v) is 5.69. The van der Waals surface area contributed by atoms with Crippen LogP contribution in [0.2, 0.25) is 0 Å². The molecule has 1 heterocycles. The highest BCUT2D eigenvalue weighted by Crippen LogP contribution is 2.29. The number of nitrogens with zero attached hydrogens (tertiary/aromatic N) is 2. The number of fused-ring (bicyclic) bond motifs is 1. The van der Waals surface area contributed by atoms with Gasteiger partial charge in [-0.05, 0) is 22.8 Å². The number of aromatic nitrogens is 2. The number of hydrogen-bond donors (Lipinski definition) is 1. The smallest absolute Gasteiger partial charge is 0.245 e. The van der Waals surface area contributed by atoms with Gasteiger partial charge < -0.3 is 5.32 Å². The highest BCUT2D eigenvalue weighted by atomic mass is 16.2. The Morgan fingerprint density at radius 2 is 2.08 bits per heavy atom. The van der Waals surface area contributed by atoms with Crippen LogP contribution in [0.4, 0.5) is 0 Å². The second-order valence-electron chi connectivity index (χ2n) is 5.69. The van der Waals surface area contributed by atoms with E-state index in [2.05, 4.69) is 41.3 Å². The standard InChI is InChI=1S/C20H21N3O/c1-3-12-21-20(24)19(4-2)23-14-16(13-22-23)18-11-7-9-15-8-5-6-10-17(15)18/h3,5-11,13-14,19H,1,4,12H2,2H3,(H,21,24). The molecule has 0 aliphatic rings. The number of hydrogen-bond acceptors (Lipinski definition) is 2. The molecule has 0 bridgehead atoms. The molecule has 3 rings (SSSR count). The van der Waals surface area contributed by atoms with Crippen LogP contribution in [0, 0.1) is 0 Å². The Morgan fingerprint density at radius 1 is 1.29 bits per heavy atom. The molecule has 1 amide bonds. The molecule has 2 aromatic carbocycles. The van der Waals surface area contributed by atoms with Gasteiger partial charge in [0, 0.05) is 18.3 Å². The fourth-order valence-electron chi connectivity index (χ4n) is 2.91. The lowest BCUT2D eigenvalue weighted by Gasteiger charge is -2.14. The van der Waals surface area contributed by atoms with Crippen LogP contribution in [0.15, 0.2) is 67.5 Å². The van der Waals surface area contributed by atoms with Crippen LogP contribution in [0.5, 0.6) is 0 Å². The third kappa shape index (κ3) is 3.08. The van der Waals surface area contributed by atoms with E-state index >= 15 is 0 Å². The summed E-state index contributed by atoms with van der Waals surface area (Å²) in [5, 5.41) is 9.65. The Balaban J connectivity index is 1.94. The first kappa shape index (κ1) is 16.0. The van der Waals surface area contributed by atoms with Crippen molar-refractivity contribution in [1.82, 2.24) is 15.1 Å². The Morgan fingerprint density at radius 3 is 2.88 bits per heavy atom. The van der Waals surface area contributed by atoms with Crippen molar-refractivity contribution < 1.29 is 4.79 Å². The molecule has 0 saturated carbocycles. The number of carbonyl (C=O) groups is 1. The van der Waals surface area contributed by atoms with Crippen molar-refractivity contribution in [3.63, 3.8) is 0 Å². The minimum Gasteiger partial charge on any atom is -0.351 e. The van der Waals surface area contributed by atoms with Gasteiger partial charge in [-0.3, -0.25) is 9.48 Å². The average Bonchev–Trinajstić information content (AvgIpc) is 3.09. The predicted molar refractivity (Wildman–Crippen MR) is 97.7 cm³/mol. The number of amides is 1. The van der Waals surface area contributed by atoms with E-state index in [4.69, 9.17) is 0 Å². The quantitative estimate of drug-likeness (QED) is 0.699. The van der Waals surface area contributed by atoms with Crippen LogP contribution in [0.25, 0.3) is 21.9 Å². The zero-order valence-corrected chi connectivity index (χ0v) is 13.8. The molecule has 4 heteroatoms. The zero-order chi connectivity index (χ0) is 16.9. The lowest BCUT2D eigenvalue weighted by Crippen LogP contribution is -2.32. The topological polar surface area (TPSA) is 46.9 Å². The first-order valence-electron chi connectivity index (χ1n) is 8.15. The van der Waals surface area contributed by atoms with Gasteiger partial charge in [-0.25, -0.2) is 0 Å². The summed E-state index contributed by atoms with van der Waals surface area (Å²) in [4.78, 5) is 12.3. The van der Waals surface area contributed by atoms with E-state index in [0.717, 1.165) is 11.1 Å². The summed E-state index contributed by atoms with van der Waals surface area (Å²) in [5.74, 6) is -0.0371. The molecule has 0 spiro atoms. The molecule has 0 saturated heterocycles. The zero-order valence-electron chi connectivity index (χ0n) is 13.8. The molecular weight excluding hydrogens is 298 g/mol. The molecular formula is C20H21N3O. The van der Waals surface area contributed by atoms with E-state index in [1.165, 1.54) is 10.8 Å². The van der Waals surface area contributed by atoms with Crippen molar-refractivity contribution >= 4 is 16.7 Å². The van der Waals surface area contributed by atoms with Gasteiger partial charge in [0.05, 0.1) is 6.20 Å². The van der Waals surface area contributed by atoms with Crippen LogP contribution in [0.3, 0.4) is 0 Å². The van der Waals surface area contributed by atoms with Gasteiger partial charge in [0.15, 0.2) is 0 Å². The van der Waals surface area contributed by atoms with E-state index in [9.17, 15) is 4.79 Å². The van der Waals surface area contributed by atoms with E-state index in [-0.39, 0.29) is 11.9 Å². The molecule has 0 aliphatic carbocycles. The molecule has 24 heavy (non-hydrogen) atoms. The second kappa shape index (κ2) is 7.13. The Hall–Kier alpha value is -2.88. The predicted octanol–water partition coefficient (Wildman–Crippen LogP) is 3.96. The highest BCUT2D eigenvalue weighted by molar-refractivity contribution is 5.96. The number of nitrogens with one attached hydrogen (secondary N) is 1. The maximum absolute atomic E-state index is 12.3. The number of rotatable bonds is 6. The van der Waals surface area contributed by atoms with Crippen molar-refractivity contribution in [2.75, 3.05) is 6.54 Å². The summed E-state index contributed by atoms with van der Waals surface area (Å²) in [6.45, 7) is 6.07. The first-order chi connectivity index (χ1) is 11.7. The Labute approximate surface area is 141 Å². The molecule has 0 fully saturated rings. The Bertz CT molecular complexity index is 861. The van der Waals surface area contributed by atoms with Gasteiger partial charge >= 0.3 is 0 Å². The summed E-state index contributed by atoms with van der Waals surface area (Å²) in [6.07, 6.45) is 6.13. The van der Waals surface area contributed by atoms with Crippen LogP contribution in [-0.2, 0) is 4.79 Å². The van der Waals surface area contributed by atoms with Gasteiger partial charge in [0.1, 0.15) is 6.04 Å². The first-order valence-corrected chi connectivity index (χ1v) is 8.15. The average molecular weight is 319 g/mol.